The fraction of sp³-hybridized carbons (Fsp3) is 0.440. The van der Waals surface area contributed by atoms with Crippen molar-refractivity contribution in [3.63, 3.8) is 0 Å². The summed E-state index contributed by atoms with van der Waals surface area (Å²) in [6.07, 6.45) is 0.798. The van der Waals surface area contributed by atoms with E-state index >= 15 is 0 Å². The molecule has 0 saturated heterocycles. The Morgan fingerprint density at radius 3 is 2.38 bits per heavy atom. The van der Waals surface area contributed by atoms with Crippen molar-refractivity contribution in [2.24, 2.45) is 0 Å². The first-order valence-corrected chi connectivity index (χ1v) is 11.6. The zero-order chi connectivity index (χ0) is 23.9. The Labute approximate surface area is 198 Å². The summed E-state index contributed by atoms with van der Waals surface area (Å²) in [5.41, 5.74) is 1.86. The minimum Gasteiger partial charge on any atom is -0.483 e. The standard InChI is InChI=1S/C25H32BrFN2O3/c1-6-13-28-24(31)17(2)29(15-18-7-10-20(27)11-8-18)23(30)16-32-22-12-9-19(14-21(22)26)25(3,4)5/h7-12,14,17H,6,13,15-16H2,1-5H3,(H,28,31)/t17-/m1/s1. The third kappa shape index (κ3) is 7.33. The van der Waals surface area contributed by atoms with Crippen molar-refractivity contribution in [3.05, 3.63) is 63.9 Å². The fourth-order valence-corrected chi connectivity index (χ4v) is 3.57. The molecule has 0 spiro atoms. The van der Waals surface area contributed by atoms with E-state index in [2.05, 4.69) is 42.0 Å². The average Bonchev–Trinajstić information content (AvgIpc) is 2.74. The second-order valence-electron chi connectivity index (χ2n) is 8.80. The molecule has 1 atom stereocenters. The van der Waals surface area contributed by atoms with Crippen LogP contribution in [0.4, 0.5) is 4.39 Å². The summed E-state index contributed by atoms with van der Waals surface area (Å²) >= 11 is 3.52. The lowest BCUT2D eigenvalue weighted by molar-refractivity contribution is -0.142. The molecule has 0 aliphatic rings. The van der Waals surface area contributed by atoms with E-state index in [1.807, 2.05) is 25.1 Å². The Balaban J connectivity index is 2.16. The summed E-state index contributed by atoms with van der Waals surface area (Å²) < 4.78 is 19.8. The lowest BCUT2D eigenvalue weighted by Crippen LogP contribution is -2.49. The van der Waals surface area contributed by atoms with Gasteiger partial charge in [0.1, 0.15) is 17.6 Å². The molecule has 2 aromatic rings. The van der Waals surface area contributed by atoms with Crippen LogP contribution >= 0.6 is 15.9 Å². The van der Waals surface area contributed by atoms with Gasteiger partial charge in [-0.05, 0) is 70.1 Å². The highest BCUT2D eigenvalue weighted by Crippen LogP contribution is 2.31. The number of carbonyl (C=O) groups excluding carboxylic acids is 2. The molecule has 0 fully saturated rings. The van der Waals surface area contributed by atoms with Gasteiger partial charge < -0.3 is 15.0 Å². The summed E-state index contributed by atoms with van der Waals surface area (Å²) in [5.74, 6) is -0.373. The number of nitrogens with zero attached hydrogens (tertiary/aromatic N) is 1. The van der Waals surface area contributed by atoms with Gasteiger partial charge >= 0.3 is 0 Å². The van der Waals surface area contributed by atoms with Gasteiger partial charge in [0.25, 0.3) is 5.91 Å². The lowest BCUT2D eigenvalue weighted by atomic mass is 9.87. The van der Waals surface area contributed by atoms with Crippen LogP contribution in [0.1, 0.15) is 52.2 Å². The first-order valence-electron chi connectivity index (χ1n) is 10.8. The minimum absolute atomic E-state index is 0.00981. The Bertz CT molecular complexity index is 926. The largest absolute Gasteiger partial charge is 0.483 e. The van der Waals surface area contributed by atoms with Crippen LogP contribution in [-0.2, 0) is 21.5 Å². The van der Waals surface area contributed by atoms with Crippen LogP contribution in [0, 0.1) is 5.82 Å². The maximum Gasteiger partial charge on any atom is 0.261 e. The average molecular weight is 507 g/mol. The monoisotopic (exact) mass is 506 g/mol. The number of ether oxygens (including phenoxy) is 1. The number of halogens is 2. The molecule has 2 amide bonds. The Hall–Kier alpha value is -2.41. The van der Waals surface area contributed by atoms with E-state index in [1.165, 1.54) is 17.0 Å². The van der Waals surface area contributed by atoms with Crippen molar-refractivity contribution in [2.45, 2.75) is 59.0 Å². The molecule has 0 radical (unpaired) electrons. The van der Waals surface area contributed by atoms with Crippen molar-refractivity contribution in [2.75, 3.05) is 13.2 Å². The smallest absolute Gasteiger partial charge is 0.261 e. The Kier molecular flexibility index (Phi) is 9.25. The summed E-state index contributed by atoms with van der Waals surface area (Å²) in [5, 5.41) is 2.82. The van der Waals surface area contributed by atoms with Gasteiger partial charge in [0.15, 0.2) is 6.61 Å². The Morgan fingerprint density at radius 2 is 1.81 bits per heavy atom. The van der Waals surface area contributed by atoms with Crippen LogP contribution < -0.4 is 10.1 Å². The molecule has 174 valence electrons. The van der Waals surface area contributed by atoms with E-state index in [4.69, 9.17) is 4.74 Å². The maximum atomic E-state index is 13.3. The van der Waals surface area contributed by atoms with Gasteiger partial charge in [-0.15, -0.1) is 0 Å². The molecule has 1 N–H and O–H groups in total. The minimum atomic E-state index is -0.700. The molecule has 32 heavy (non-hydrogen) atoms. The molecular formula is C25H32BrFN2O3. The van der Waals surface area contributed by atoms with E-state index in [1.54, 1.807) is 19.1 Å². The highest BCUT2D eigenvalue weighted by atomic mass is 79.9. The summed E-state index contributed by atoms with van der Waals surface area (Å²) in [4.78, 5) is 27.1. The van der Waals surface area contributed by atoms with E-state index in [0.29, 0.717) is 12.3 Å². The zero-order valence-electron chi connectivity index (χ0n) is 19.4. The van der Waals surface area contributed by atoms with E-state index in [9.17, 15) is 14.0 Å². The van der Waals surface area contributed by atoms with E-state index in [-0.39, 0.29) is 36.2 Å². The third-order valence-electron chi connectivity index (χ3n) is 5.13. The van der Waals surface area contributed by atoms with Crippen molar-refractivity contribution in [3.8, 4) is 5.75 Å². The molecule has 5 nitrogen and oxygen atoms in total. The predicted octanol–water partition coefficient (Wildman–Crippen LogP) is 5.21. The van der Waals surface area contributed by atoms with Crippen molar-refractivity contribution >= 4 is 27.7 Å². The second-order valence-corrected chi connectivity index (χ2v) is 9.65. The molecule has 0 unspecified atom stereocenters. The number of hydrogen-bond donors (Lipinski definition) is 1. The van der Waals surface area contributed by atoms with Crippen molar-refractivity contribution < 1.29 is 18.7 Å². The number of amides is 2. The molecule has 0 saturated carbocycles. The molecule has 2 rings (SSSR count). The number of benzene rings is 2. The van der Waals surface area contributed by atoms with Gasteiger partial charge in [-0.1, -0.05) is 45.9 Å². The maximum absolute atomic E-state index is 13.3. The van der Waals surface area contributed by atoms with Crippen LogP contribution in [-0.4, -0.2) is 35.9 Å². The van der Waals surface area contributed by atoms with Gasteiger partial charge in [-0.3, -0.25) is 9.59 Å². The first-order chi connectivity index (χ1) is 15.0. The van der Waals surface area contributed by atoms with Crippen LogP contribution in [0.5, 0.6) is 5.75 Å². The predicted molar refractivity (Wildman–Crippen MR) is 128 cm³/mol. The van der Waals surface area contributed by atoms with Gasteiger partial charge in [0, 0.05) is 13.1 Å². The Morgan fingerprint density at radius 1 is 1.16 bits per heavy atom. The molecule has 0 aliphatic carbocycles. The molecule has 0 heterocycles. The quantitative estimate of drug-likeness (QED) is 0.507. The van der Waals surface area contributed by atoms with E-state index < -0.39 is 6.04 Å². The lowest BCUT2D eigenvalue weighted by Gasteiger charge is -2.29. The van der Waals surface area contributed by atoms with Crippen molar-refractivity contribution in [1.29, 1.82) is 0 Å². The molecule has 7 heteroatoms. The van der Waals surface area contributed by atoms with Crippen LogP contribution in [0.2, 0.25) is 0 Å². The molecular weight excluding hydrogens is 475 g/mol. The highest BCUT2D eigenvalue weighted by Gasteiger charge is 2.26. The number of carbonyl (C=O) groups is 2. The van der Waals surface area contributed by atoms with Gasteiger partial charge in [-0.25, -0.2) is 4.39 Å². The number of hydrogen-bond acceptors (Lipinski definition) is 3. The summed E-state index contributed by atoms with van der Waals surface area (Å²) in [7, 11) is 0. The molecule has 0 aromatic heterocycles. The summed E-state index contributed by atoms with van der Waals surface area (Å²) in [6.45, 7) is 10.5. The zero-order valence-corrected chi connectivity index (χ0v) is 21.0. The number of rotatable bonds is 9. The number of nitrogens with one attached hydrogen (secondary N) is 1. The topological polar surface area (TPSA) is 58.6 Å². The normalized spacial score (nSPS) is 12.2. The second kappa shape index (κ2) is 11.5. The van der Waals surface area contributed by atoms with Crippen LogP contribution in [0.25, 0.3) is 0 Å². The SMILES string of the molecule is CCCNC(=O)[C@@H](C)N(Cc1ccc(F)cc1)C(=O)COc1ccc(C(C)(C)C)cc1Br. The summed E-state index contributed by atoms with van der Waals surface area (Å²) in [6, 6.07) is 11.0. The van der Waals surface area contributed by atoms with Gasteiger partial charge in [-0.2, -0.15) is 0 Å². The first kappa shape index (κ1) is 25.8. The van der Waals surface area contributed by atoms with Crippen molar-refractivity contribution in [1.82, 2.24) is 10.2 Å². The molecule has 0 aliphatic heterocycles. The van der Waals surface area contributed by atoms with Crippen LogP contribution in [0.3, 0.4) is 0 Å². The van der Waals surface area contributed by atoms with Crippen LogP contribution in [0.15, 0.2) is 46.9 Å². The van der Waals surface area contributed by atoms with E-state index in [0.717, 1.165) is 22.0 Å². The van der Waals surface area contributed by atoms with Gasteiger partial charge in [0.2, 0.25) is 5.91 Å². The molecule has 2 aromatic carbocycles. The molecule has 0 bridgehead atoms. The highest BCUT2D eigenvalue weighted by molar-refractivity contribution is 9.10. The van der Waals surface area contributed by atoms with Gasteiger partial charge in [0.05, 0.1) is 4.47 Å². The fourth-order valence-electron chi connectivity index (χ4n) is 3.07. The third-order valence-corrected chi connectivity index (χ3v) is 5.75.